The van der Waals surface area contributed by atoms with Crippen LogP contribution < -0.4 is 0 Å². The Labute approximate surface area is 119 Å². The number of halogens is 1. The minimum absolute atomic E-state index is 0.00455. The molecule has 0 saturated heterocycles. The van der Waals surface area contributed by atoms with Gasteiger partial charge in [0.15, 0.2) is 0 Å². The number of amides is 1. The fourth-order valence-electron chi connectivity index (χ4n) is 1.58. The zero-order chi connectivity index (χ0) is 15.4. The molecule has 1 atom stereocenters. The van der Waals surface area contributed by atoms with Gasteiger partial charge in [0, 0.05) is 25.2 Å². The molecule has 0 aliphatic heterocycles. The van der Waals surface area contributed by atoms with E-state index in [-0.39, 0.29) is 22.8 Å². The molecule has 1 aromatic carbocycles. The van der Waals surface area contributed by atoms with Gasteiger partial charge in [-0.15, -0.1) is 0 Å². The molecule has 0 fully saturated rings. The van der Waals surface area contributed by atoms with Gasteiger partial charge in [0.1, 0.15) is 5.02 Å². The van der Waals surface area contributed by atoms with Gasteiger partial charge in [-0.3, -0.25) is 19.7 Å². The maximum absolute atomic E-state index is 12.1. The van der Waals surface area contributed by atoms with Gasteiger partial charge in [-0.25, -0.2) is 0 Å². The molecule has 0 bridgehead atoms. The van der Waals surface area contributed by atoms with E-state index in [2.05, 4.69) is 0 Å². The van der Waals surface area contributed by atoms with E-state index in [1.807, 2.05) is 0 Å². The summed E-state index contributed by atoms with van der Waals surface area (Å²) < 4.78 is 0. The lowest BCUT2D eigenvalue weighted by Crippen LogP contribution is -2.33. The zero-order valence-corrected chi connectivity index (χ0v) is 11.6. The van der Waals surface area contributed by atoms with Gasteiger partial charge in [0.05, 0.1) is 10.8 Å². The molecule has 1 N–H and O–H groups in total. The first-order chi connectivity index (χ1) is 9.23. The van der Waals surface area contributed by atoms with Crippen molar-refractivity contribution < 1.29 is 19.6 Å². The summed E-state index contributed by atoms with van der Waals surface area (Å²) in [6.45, 7) is 1.47. The highest BCUT2D eigenvalue weighted by Gasteiger charge is 2.21. The Bertz CT molecular complexity index is 561. The average Bonchev–Trinajstić information content (AvgIpc) is 2.37. The van der Waals surface area contributed by atoms with E-state index in [4.69, 9.17) is 16.7 Å². The number of nitrogens with zero attached hydrogens (tertiary/aromatic N) is 2. The van der Waals surface area contributed by atoms with Crippen molar-refractivity contribution in [3.63, 3.8) is 0 Å². The summed E-state index contributed by atoms with van der Waals surface area (Å²) in [5, 5.41) is 19.5. The van der Waals surface area contributed by atoms with Crippen LogP contribution in [0.15, 0.2) is 18.2 Å². The molecule has 108 valence electrons. The summed E-state index contributed by atoms with van der Waals surface area (Å²) in [4.78, 5) is 34.1. The highest BCUT2D eigenvalue weighted by Crippen LogP contribution is 2.25. The van der Waals surface area contributed by atoms with Gasteiger partial charge in [-0.2, -0.15) is 0 Å². The number of hydrogen-bond acceptors (Lipinski definition) is 4. The number of carbonyl (C=O) groups is 2. The highest BCUT2D eigenvalue weighted by atomic mass is 35.5. The summed E-state index contributed by atoms with van der Waals surface area (Å²) in [6, 6.07) is 3.70. The molecule has 0 spiro atoms. The summed E-state index contributed by atoms with van der Waals surface area (Å²) >= 11 is 5.66. The zero-order valence-electron chi connectivity index (χ0n) is 10.9. The number of nitro groups is 1. The molecule has 0 aromatic heterocycles. The lowest BCUT2D eigenvalue weighted by Gasteiger charge is -2.19. The Morgan fingerprint density at radius 1 is 1.50 bits per heavy atom. The number of carboxylic acids is 1. The first-order valence-electron chi connectivity index (χ1n) is 5.66. The highest BCUT2D eigenvalue weighted by molar-refractivity contribution is 6.32. The van der Waals surface area contributed by atoms with Crippen LogP contribution in [0.4, 0.5) is 5.69 Å². The monoisotopic (exact) mass is 300 g/mol. The lowest BCUT2D eigenvalue weighted by molar-refractivity contribution is -0.384. The fourth-order valence-corrected chi connectivity index (χ4v) is 1.76. The summed E-state index contributed by atoms with van der Waals surface area (Å²) in [6.07, 6.45) is 0. The molecule has 0 saturated carbocycles. The predicted molar refractivity (Wildman–Crippen MR) is 71.9 cm³/mol. The smallest absolute Gasteiger partial charge is 0.308 e. The number of nitro benzene ring substituents is 1. The molecule has 1 rings (SSSR count). The van der Waals surface area contributed by atoms with Gasteiger partial charge in [-0.05, 0) is 12.1 Å². The Kier molecular flexibility index (Phi) is 5.04. The second-order valence-electron chi connectivity index (χ2n) is 4.35. The molecule has 0 aliphatic carbocycles. The van der Waals surface area contributed by atoms with Crippen LogP contribution in [-0.4, -0.2) is 40.4 Å². The topological polar surface area (TPSA) is 101 Å². The fraction of sp³-hybridized carbons (Fsp3) is 0.333. The Hall–Kier alpha value is -2.15. The van der Waals surface area contributed by atoms with Crippen molar-refractivity contribution in [2.75, 3.05) is 13.6 Å². The van der Waals surface area contributed by atoms with Crippen molar-refractivity contribution in [3.8, 4) is 0 Å². The second-order valence-corrected chi connectivity index (χ2v) is 4.76. The summed E-state index contributed by atoms with van der Waals surface area (Å²) in [7, 11) is 1.43. The molecule has 1 amide bonds. The quantitative estimate of drug-likeness (QED) is 0.662. The maximum Gasteiger partial charge on any atom is 0.308 e. The number of aliphatic carboxylic acids is 1. The molecule has 1 aromatic rings. The van der Waals surface area contributed by atoms with E-state index in [1.165, 1.54) is 31.0 Å². The van der Waals surface area contributed by atoms with Crippen LogP contribution in [-0.2, 0) is 4.79 Å². The third kappa shape index (κ3) is 3.67. The third-order valence-corrected chi connectivity index (χ3v) is 3.03. The van der Waals surface area contributed by atoms with Crippen LogP contribution in [0.5, 0.6) is 0 Å². The van der Waals surface area contributed by atoms with Crippen molar-refractivity contribution in [1.82, 2.24) is 4.90 Å². The van der Waals surface area contributed by atoms with Gasteiger partial charge in [0.25, 0.3) is 11.6 Å². The number of carboxylic acid groups (broad SMARTS) is 1. The molecule has 0 heterocycles. The average molecular weight is 301 g/mol. The summed E-state index contributed by atoms with van der Waals surface area (Å²) in [5.41, 5.74) is -0.279. The predicted octanol–water partition coefficient (Wildman–Crippen LogP) is 2.04. The van der Waals surface area contributed by atoms with Crippen LogP contribution in [0.2, 0.25) is 5.02 Å². The first-order valence-corrected chi connectivity index (χ1v) is 6.04. The van der Waals surface area contributed by atoms with E-state index in [0.717, 1.165) is 6.07 Å². The molecule has 8 heteroatoms. The van der Waals surface area contributed by atoms with Crippen LogP contribution in [0.25, 0.3) is 0 Å². The van der Waals surface area contributed by atoms with Crippen LogP contribution >= 0.6 is 11.6 Å². The minimum atomic E-state index is -1.02. The number of hydrogen-bond donors (Lipinski definition) is 1. The number of benzene rings is 1. The third-order valence-electron chi connectivity index (χ3n) is 2.71. The number of carbonyl (C=O) groups excluding carboxylic acids is 1. The van der Waals surface area contributed by atoms with Gasteiger partial charge in [0.2, 0.25) is 0 Å². The van der Waals surface area contributed by atoms with Crippen molar-refractivity contribution in [2.45, 2.75) is 6.92 Å². The van der Waals surface area contributed by atoms with Crippen molar-refractivity contribution in [2.24, 2.45) is 5.92 Å². The molecule has 7 nitrogen and oxygen atoms in total. The van der Waals surface area contributed by atoms with Crippen molar-refractivity contribution >= 4 is 29.2 Å². The standard InChI is InChI=1S/C12H13ClN2O5/c1-7(12(17)18)6-14(2)11(16)8-3-4-9(13)10(5-8)15(19)20/h3-5,7H,6H2,1-2H3,(H,17,18). The molecule has 1 unspecified atom stereocenters. The molecular formula is C12H13ClN2O5. The maximum atomic E-state index is 12.1. The van der Waals surface area contributed by atoms with Crippen LogP contribution in [0.1, 0.15) is 17.3 Å². The van der Waals surface area contributed by atoms with E-state index < -0.39 is 22.7 Å². The second kappa shape index (κ2) is 6.33. The SMILES string of the molecule is CC(CN(C)C(=O)c1ccc(Cl)c([N+](=O)[O-])c1)C(=O)O. The van der Waals surface area contributed by atoms with Gasteiger partial charge < -0.3 is 10.0 Å². The minimum Gasteiger partial charge on any atom is -0.481 e. The molecule has 20 heavy (non-hydrogen) atoms. The Balaban J connectivity index is 2.95. The molecule has 0 aliphatic rings. The first kappa shape index (κ1) is 15.9. The van der Waals surface area contributed by atoms with E-state index in [9.17, 15) is 19.7 Å². The van der Waals surface area contributed by atoms with E-state index >= 15 is 0 Å². The Morgan fingerprint density at radius 3 is 2.60 bits per heavy atom. The lowest BCUT2D eigenvalue weighted by atomic mass is 10.1. The normalized spacial score (nSPS) is 11.8. The van der Waals surface area contributed by atoms with Crippen molar-refractivity contribution in [3.05, 3.63) is 38.9 Å². The summed E-state index contributed by atoms with van der Waals surface area (Å²) in [5.74, 6) is -2.25. The van der Waals surface area contributed by atoms with Crippen LogP contribution in [0.3, 0.4) is 0 Å². The van der Waals surface area contributed by atoms with Gasteiger partial charge >= 0.3 is 5.97 Å². The van der Waals surface area contributed by atoms with Gasteiger partial charge in [-0.1, -0.05) is 18.5 Å². The van der Waals surface area contributed by atoms with E-state index in [0.29, 0.717) is 0 Å². The number of rotatable bonds is 5. The largest absolute Gasteiger partial charge is 0.481 e. The molecule has 0 radical (unpaired) electrons. The van der Waals surface area contributed by atoms with Crippen molar-refractivity contribution in [1.29, 1.82) is 0 Å². The van der Waals surface area contributed by atoms with E-state index in [1.54, 1.807) is 0 Å². The molecular weight excluding hydrogens is 288 g/mol. The van der Waals surface area contributed by atoms with Crippen LogP contribution in [0, 0.1) is 16.0 Å². The Morgan fingerprint density at radius 2 is 2.10 bits per heavy atom.